The van der Waals surface area contributed by atoms with Crippen LogP contribution in [0.4, 0.5) is 5.69 Å². The van der Waals surface area contributed by atoms with Crippen LogP contribution >= 0.6 is 11.6 Å². The highest BCUT2D eigenvalue weighted by Gasteiger charge is 2.23. The minimum atomic E-state index is -0.745. The number of para-hydroxylation sites is 1. The largest absolute Gasteiger partial charge is 0.481 e. The molecule has 1 aromatic rings. The van der Waals surface area contributed by atoms with E-state index in [-0.39, 0.29) is 12.3 Å². The monoisotopic (exact) mass is 225 g/mol. The van der Waals surface area contributed by atoms with Crippen molar-refractivity contribution in [2.75, 3.05) is 11.9 Å². The van der Waals surface area contributed by atoms with Crippen LogP contribution in [0, 0.1) is 0 Å². The number of hydrogen-bond donors (Lipinski definition) is 2. The second-order valence-corrected chi connectivity index (χ2v) is 4.12. The minimum Gasteiger partial charge on any atom is -0.481 e. The molecule has 0 aliphatic carbocycles. The maximum absolute atomic E-state index is 10.5. The summed E-state index contributed by atoms with van der Waals surface area (Å²) in [6.45, 7) is 0.784. The van der Waals surface area contributed by atoms with E-state index in [0.29, 0.717) is 11.4 Å². The maximum atomic E-state index is 10.5. The van der Waals surface area contributed by atoms with Gasteiger partial charge in [0, 0.05) is 18.9 Å². The summed E-state index contributed by atoms with van der Waals surface area (Å²) in [5.74, 6) is -0.472. The molecule has 0 aromatic heterocycles. The van der Waals surface area contributed by atoms with Crippen LogP contribution in [-0.4, -0.2) is 17.6 Å². The first-order valence-corrected chi connectivity index (χ1v) is 5.30. The molecule has 1 aromatic carbocycles. The molecule has 2 N–H and O–H groups in total. The van der Waals surface area contributed by atoms with Crippen molar-refractivity contribution in [1.29, 1.82) is 0 Å². The molecule has 4 heteroatoms. The summed E-state index contributed by atoms with van der Waals surface area (Å²) in [6.07, 6.45) is 0.869. The van der Waals surface area contributed by atoms with Gasteiger partial charge in [-0.15, -0.1) is 0 Å². The number of aliphatic carboxylic acids is 1. The van der Waals surface area contributed by atoms with Gasteiger partial charge in [0.1, 0.15) is 0 Å². The number of carboxylic acids is 1. The predicted molar refractivity (Wildman–Crippen MR) is 59.6 cm³/mol. The van der Waals surface area contributed by atoms with E-state index in [9.17, 15) is 4.79 Å². The summed E-state index contributed by atoms with van der Waals surface area (Å²) in [7, 11) is 0. The Labute approximate surface area is 93.1 Å². The molecule has 0 amide bonds. The lowest BCUT2D eigenvalue weighted by Crippen LogP contribution is -2.05. The molecule has 3 nitrogen and oxygen atoms in total. The van der Waals surface area contributed by atoms with Crippen LogP contribution in [0.3, 0.4) is 0 Å². The van der Waals surface area contributed by atoms with Crippen molar-refractivity contribution in [2.45, 2.75) is 18.8 Å². The highest BCUT2D eigenvalue weighted by atomic mass is 35.5. The Morgan fingerprint density at radius 2 is 2.40 bits per heavy atom. The van der Waals surface area contributed by atoms with E-state index in [2.05, 4.69) is 5.32 Å². The molecule has 1 aliphatic heterocycles. The summed E-state index contributed by atoms with van der Waals surface area (Å²) in [5.41, 5.74) is 2.11. The zero-order chi connectivity index (χ0) is 10.8. The molecule has 0 spiro atoms. The van der Waals surface area contributed by atoms with Gasteiger partial charge in [0.2, 0.25) is 0 Å². The number of fused-ring (bicyclic) bond motifs is 1. The normalized spacial score (nSPS) is 18.3. The third kappa shape index (κ3) is 2.07. The minimum absolute atomic E-state index is 0.207. The zero-order valence-corrected chi connectivity index (χ0v) is 8.92. The third-order valence-corrected chi connectivity index (χ3v) is 3.03. The lowest BCUT2D eigenvalue weighted by molar-refractivity contribution is -0.137. The number of nitrogens with one attached hydrogen (secondary N) is 1. The summed E-state index contributed by atoms with van der Waals surface area (Å²) in [6, 6.07) is 5.75. The molecule has 80 valence electrons. The molecule has 0 radical (unpaired) electrons. The van der Waals surface area contributed by atoms with Crippen molar-refractivity contribution in [2.24, 2.45) is 0 Å². The molecule has 15 heavy (non-hydrogen) atoms. The lowest BCUT2D eigenvalue weighted by atomic mass is 9.96. The topological polar surface area (TPSA) is 49.3 Å². The first-order valence-electron chi connectivity index (χ1n) is 4.92. The van der Waals surface area contributed by atoms with E-state index in [1.165, 1.54) is 0 Å². The van der Waals surface area contributed by atoms with Crippen LogP contribution in [0.5, 0.6) is 0 Å². The number of hydrogen-bond acceptors (Lipinski definition) is 2. The van der Waals surface area contributed by atoms with Crippen molar-refractivity contribution < 1.29 is 9.90 Å². The molecule has 0 saturated carbocycles. The van der Waals surface area contributed by atoms with Crippen LogP contribution in [0.1, 0.15) is 24.3 Å². The van der Waals surface area contributed by atoms with Crippen molar-refractivity contribution in [3.05, 3.63) is 28.8 Å². The number of anilines is 1. The zero-order valence-electron chi connectivity index (χ0n) is 8.16. The highest BCUT2D eigenvalue weighted by molar-refractivity contribution is 6.33. The highest BCUT2D eigenvalue weighted by Crippen LogP contribution is 2.38. The summed E-state index contributed by atoms with van der Waals surface area (Å²) in [4.78, 5) is 10.5. The van der Waals surface area contributed by atoms with E-state index in [0.717, 1.165) is 17.8 Å². The Morgan fingerprint density at radius 1 is 1.60 bits per heavy atom. The first-order chi connectivity index (χ1) is 7.18. The van der Waals surface area contributed by atoms with E-state index >= 15 is 0 Å². The number of benzene rings is 1. The van der Waals surface area contributed by atoms with Gasteiger partial charge in [0.05, 0.1) is 10.7 Å². The van der Waals surface area contributed by atoms with E-state index in [1.807, 2.05) is 18.2 Å². The van der Waals surface area contributed by atoms with E-state index < -0.39 is 5.97 Å². The molecule has 0 bridgehead atoms. The predicted octanol–water partition coefficient (Wildman–Crippen LogP) is 2.71. The average molecular weight is 226 g/mol. The Kier molecular flexibility index (Phi) is 2.82. The van der Waals surface area contributed by atoms with Gasteiger partial charge in [-0.3, -0.25) is 4.79 Å². The van der Waals surface area contributed by atoms with Gasteiger partial charge in [-0.05, 0) is 18.1 Å². The Balaban J connectivity index is 2.14. The van der Waals surface area contributed by atoms with Crippen LogP contribution < -0.4 is 5.32 Å². The van der Waals surface area contributed by atoms with Gasteiger partial charge in [0.25, 0.3) is 0 Å². The van der Waals surface area contributed by atoms with Crippen LogP contribution in [0.2, 0.25) is 5.02 Å². The molecule has 1 aliphatic rings. The lowest BCUT2D eigenvalue weighted by Gasteiger charge is -2.07. The van der Waals surface area contributed by atoms with Gasteiger partial charge >= 0.3 is 5.97 Å². The van der Waals surface area contributed by atoms with Crippen LogP contribution in [0.15, 0.2) is 18.2 Å². The standard InChI is InChI=1S/C11H12ClNO2/c12-9-3-1-2-8-7(4-5-10(14)15)6-13-11(8)9/h1-3,7,13H,4-6H2,(H,14,15). The second-order valence-electron chi connectivity index (χ2n) is 3.71. The fraction of sp³-hybridized carbons (Fsp3) is 0.364. The van der Waals surface area contributed by atoms with Crippen LogP contribution in [-0.2, 0) is 4.79 Å². The van der Waals surface area contributed by atoms with Gasteiger partial charge in [-0.25, -0.2) is 0 Å². The Morgan fingerprint density at radius 3 is 3.13 bits per heavy atom. The smallest absolute Gasteiger partial charge is 0.303 e. The van der Waals surface area contributed by atoms with Gasteiger partial charge in [-0.2, -0.15) is 0 Å². The Bertz CT molecular complexity index is 392. The average Bonchev–Trinajstić information content (AvgIpc) is 2.59. The molecule has 1 unspecified atom stereocenters. The molecule has 0 fully saturated rings. The van der Waals surface area contributed by atoms with Crippen molar-refractivity contribution in [3.8, 4) is 0 Å². The fourth-order valence-corrected chi connectivity index (χ4v) is 2.21. The second kappa shape index (κ2) is 4.11. The van der Waals surface area contributed by atoms with Crippen molar-refractivity contribution in [1.82, 2.24) is 0 Å². The summed E-state index contributed by atoms with van der Waals surface area (Å²) >= 11 is 6.02. The number of carbonyl (C=O) groups is 1. The van der Waals surface area contributed by atoms with E-state index in [1.54, 1.807) is 0 Å². The molecule has 2 rings (SSSR count). The quantitative estimate of drug-likeness (QED) is 0.832. The molecule has 1 atom stereocenters. The molecule has 0 saturated heterocycles. The summed E-state index contributed by atoms with van der Waals surface area (Å²) < 4.78 is 0. The van der Waals surface area contributed by atoms with Crippen molar-refractivity contribution >= 4 is 23.3 Å². The van der Waals surface area contributed by atoms with E-state index in [4.69, 9.17) is 16.7 Å². The third-order valence-electron chi connectivity index (χ3n) is 2.72. The molecule has 1 heterocycles. The number of rotatable bonds is 3. The molecular formula is C11H12ClNO2. The van der Waals surface area contributed by atoms with Crippen LogP contribution in [0.25, 0.3) is 0 Å². The van der Waals surface area contributed by atoms with Gasteiger partial charge in [-0.1, -0.05) is 23.7 Å². The first kappa shape index (κ1) is 10.3. The maximum Gasteiger partial charge on any atom is 0.303 e. The van der Waals surface area contributed by atoms with Gasteiger partial charge in [0.15, 0.2) is 0 Å². The molecular weight excluding hydrogens is 214 g/mol. The van der Waals surface area contributed by atoms with Gasteiger partial charge < -0.3 is 10.4 Å². The number of halogens is 1. The van der Waals surface area contributed by atoms with Crippen molar-refractivity contribution in [3.63, 3.8) is 0 Å². The number of carboxylic acid groups (broad SMARTS) is 1. The SMILES string of the molecule is O=C(O)CCC1CNc2c(Cl)cccc21. The Hall–Kier alpha value is -1.22. The fourth-order valence-electron chi connectivity index (χ4n) is 1.96. The summed E-state index contributed by atoms with van der Waals surface area (Å²) in [5, 5.41) is 12.6.